The third-order valence-electron chi connectivity index (χ3n) is 4.24. The molecule has 1 aliphatic carbocycles. The van der Waals surface area contributed by atoms with E-state index in [4.69, 9.17) is 5.11 Å². The number of nitrogens with zero attached hydrogens (tertiary/aromatic N) is 1. The molecular formula is C13H16F3NO3. The van der Waals surface area contributed by atoms with Gasteiger partial charge in [0.25, 0.3) is 0 Å². The van der Waals surface area contributed by atoms with Crippen LogP contribution < -0.4 is 0 Å². The van der Waals surface area contributed by atoms with Gasteiger partial charge in [0.15, 0.2) is 0 Å². The molecule has 0 aromatic carbocycles. The first-order valence-corrected chi connectivity index (χ1v) is 6.34. The Morgan fingerprint density at radius 2 is 1.95 bits per heavy atom. The third kappa shape index (κ3) is 2.41. The Morgan fingerprint density at radius 3 is 2.30 bits per heavy atom. The molecule has 0 aromatic rings. The quantitative estimate of drug-likeness (QED) is 0.792. The minimum atomic E-state index is -4.35. The lowest BCUT2D eigenvalue weighted by atomic mass is 10.1. The molecule has 4 nitrogen and oxygen atoms in total. The van der Waals surface area contributed by atoms with Crippen LogP contribution in [0.25, 0.3) is 0 Å². The molecule has 2 unspecified atom stereocenters. The molecule has 1 aliphatic heterocycles. The average molecular weight is 291 g/mol. The van der Waals surface area contributed by atoms with Crippen molar-refractivity contribution in [2.75, 3.05) is 13.1 Å². The largest absolute Gasteiger partial charge is 0.481 e. The normalized spacial score (nSPS) is 28.9. The van der Waals surface area contributed by atoms with Gasteiger partial charge in [-0.3, -0.25) is 9.59 Å². The zero-order valence-electron chi connectivity index (χ0n) is 11.2. The molecular weight excluding hydrogens is 275 g/mol. The Balaban J connectivity index is 2.04. The van der Waals surface area contributed by atoms with E-state index in [2.05, 4.69) is 0 Å². The number of rotatable bonds is 2. The predicted molar refractivity (Wildman–Crippen MR) is 63.7 cm³/mol. The fourth-order valence-corrected chi connectivity index (χ4v) is 2.88. The molecule has 1 amide bonds. The topological polar surface area (TPSA) is 57.6 Å². The van der Waals surface area contributed by atoms with Gasteiger partial charge in [0.05, 0.1) is 11.8 Å². The van der Waals surface area contributed by atoms with Crippen molar-refractivity contribution in [1.82, 2.24) is 4.90 Å². The monoisotopic (exact) mass is 291 g/mol. The van der Waals surface area contributed by atoms with Gasteiger partial charge in [-0.2, -0.15) is 13.2 Å². The number of hydrogen-bond acceptors (Lipinski definition) is 2. The maximum atomic E-state index is 12.5. The number of hydrogen-bond donors (Lipinski definition) is 1. The first kappa shape index (κ1) is 14.9. The van der Waals surface area contributed by atoms with E-state index in [1.54, 1.807) is 13.8 Å². The van der Waals surface area contributed by atoms with E-state index >= 15 is 0 Å². The zero-order valence-corrected chi connectivity index (χ0v) is 11.2. The highest BCUT2D eigenvalue weighted by Gasteiger charge is 2.66. The van der Waals surface area contributed by atoms with Crippen molar-refractivity contribution in [2.45, 2.75) is 26.4 Å². The minimum absolute atomic E-state index is 0.0108. The van der Waals surface area contributed by atoms with Crippen molar-refractivity contribution >= 4 is 11.9 Å². The van der Waals surface area contributed by atoms with Gasteiger partial charge in [-0.1, -0.05) is 19.9 Å². The number of halogens is 3. The smallest absolute Gasteiger partial charge is 0.412 e. The van der Waals surface area contributed by atoms with Crippen LogP contribution in [0.1, 0.15) is 20.3 Å². The van der Waals surface area contributed by atoms with Gasteiger partial charge in [0, 0.05) is 18.7 Å². The van der Waals surface area contributed by atoms with Crippen molar-refractivity contribution in [3.63, 3.8) is 0 Å². The molecule has 0 radical (unpaired) electrons. The van der Waals surface area contributed by atoms with E-state index in [1.165, 1.54) is 4.90 Å². The van der Waals surface area contributed by atoms with Gasteiger partial charge < -0.3 is 10.0 Å². The van der Waals surface area contributed by atoms with Crippen LogP contribution in [0.4, 0.5) is 13.2 Å². The van der Waals surface area contributed by atoms with Crippen molar-refractivity contribution in [1.29, 1.82) is 0 Å². The molecule has 7 heteroatoms. The number of amides is 1. The molecule has 0 saturated heterocycles. The van der Waals surface area contributed by atoms with Crippen LogP contribution in [0.5, 0.6) is 0 Å². The van der Waals surface area contributed by atoms with E-state index in [-0.39, 0.29) is 25.4 Å². The predicted octanol–water partition coefficient (Wildman–Crippen LogP) is 2.06. The van der Waals surface area contributed by atoms with E-state index in [0.717, 1.165) is 6.08 Å². The van der Waals surface area contributed by atoms with Gasteiger partial charge >= 0.3 is 12.1 Å². The molecule has 2 rings (SSSR count). The molecule has 1 heterocycles. The summed E-state index contributed by atoms with van der Waals surface area (Å²) >= 11 is 0. The van der Waals surface area contributed by atoms with E-state index in [1.807, 2.05) is 0 Å². The second-order valence-electron chi connectivity index (χ2n) is 5.88. The lowest BCUT2D eigenvalue weighted by Crippen LogP contribution is -2.38. The Kier molecular flexibility index (Phi) is 3.34. The second-order valence-corrected chi connectivity index (χ2v) is 5.88. The Morgan fingerprint density at radius 1 is 1.35 bits per heavy atom. The van der Waals surface area contributed by atoms with Crippen LogP contribution >= 0.6 is 0 Å². The first-order chi connectivity index (χ1) is 9.06. The highest BCUT2D eigenvalue weighted by Crippen LogP contribution is 2.59. The van der Waals surface area contributed by atoms with Crippen LogP contribution in [0.15, 0.2) is 11.6 Å². The average Bonchev–Trinajstić information content (AvgIpc) is 2.90. The van der Waals surface area contributed by atoms with Crippen molar-refractivity contribution in [3.05, 3.63) is 11.6 Å². The van der Waals surface area contributed by atoms with Crippen LogP contribution in [0.3, 0.4) is 0 Å². The Hall–Kier alpha value is -1.53. The number of carboxylic acid groups (broad SMARTS) is 1. The minimum Gasteiger partial charge on any atom is -0.481 e. The standard InChI is InChI=1S/C13H16F3NO3/c1-12(2)8(9(12)11(19)20)10(18)17-5-3-7(4-6-17)13(14,15)16/h3,8-9H,4-6H2,1-2H3,(H,19,20). The van der Waals surface area contributed by atoms with Gasteiger partial charge in [-0.15, -0.1) is 0 Å². The summed E-state index contributed by atoms with van der Waals surface area (Å²) in [6.45, 7) is 3.26. The van der Waals surface area contributed by atoms with Crippen molar-refractivity contribution in [3.8, 4) is 0 Å². The molecule has 0 bridgehead atoms. The Labute approximate surface area is 114 Å². The third-order valence-corrected chi connectivity index (χ3v) is 4.24. The fraction of sp³-hybridized carbons (Fsp3) is 0.692. The Bertz CT molecular complexity index is 482. The number of alkyl halides is 3. The van der Waals surface area contributed by atoms with Gasteiger partial charge in [0.2, 0.25) is 5.91 Å². The second kappa shape index (κ2) is 4.49. The number of carbonyl (C=O) groups is 2. The summed E-state index contributed by atoms with van der Waals surface area (Å²) in [4.78, 5) is 24.5. The van der Waals surface area contributed by atoms with Crippen LogP contribution in [-0.2, 0) is 9.59 Å². The molecule has 2 aliphatic rings. The maximum absolute atomic E-state index is 12.5. The number of carbonyl (C=O) groups excluding carboxylic acids is 1. The first-order valence-electron chi connectivity index (χ1n) is 6.34. The molecule has 1 N–H and O–H groups in total. The van der Waals surface area contributed by atoms with Gasteiger partial charge in [-0.05, 0) is 11.8 Å². The summed E-state index contributed by atoms with van der Waals surface area (Å²) in [6.07, 6.45) is -3.58. The van der Waals surface area contributed by atoms with Crippen LogP contribution in [-0.4, -0.2) is 41.1 Å². The van der Waals surface area contributed by atoms with E-state index in [9.17, 15) is 22.8 Å². The summed E-state index contributed by atoms with van der Waals surface area (Å²) in [5.41, 5.74) is -1.25. The van der Waals surface area contributed by atoms with Crippen LogP contribution in [0.2, 0.25) is 0 Å². The number of carboxylic acids is 1. The zero-order chi connectivity index (χ0) is 15.3. The SMILES string of the molecule is CC1(C)C(C(=O)O)C1C(=O)N1CC=C(C(F)(F)F)CC1. The molecule has 20 heavy (non-hydrogen) atoms. The van der Waals surface area contributed by atoms with Crippen molar-refractivity contribution < 1.29 is 27.9 Å². The maximum Gasteiger partial charge on any atom is 0.412 e. The van der Waals surface area contributed by atoms with E-state index in [0.29, 0.717) is 0 Å². The summed E-state index contributed by atoms with van der Waals surface area (Å²) in [7, 11) is 0. The molecule has 1 saturated carbocycles. The highest BCUT2D eigenvalue weighted by atomic mass is 19.4. The molecule has 112 valence electrons. The van der Waals surface area contributed by atoms with Gasteiger partial charge in [-0.25, -0.2) is 0 Å². The molecule has 1 fully saturated rings. The number of aliphatic carboxylic acids is 1. The summed E-state index contributed by atoms with van der Waals surface area (Å²) in [5, 5.41) is 9.02. The molecule has 2 atom stereocenters. The molecule has 0 aromatic heterocycles. The summed E-state index contributed by atoms with van der Waals surface area (Å²) in [5.74, 6) is -2.78. The summed E-state index contributed by atoms with van der Waals surface area (Å²) < 4.78 is 37.4. The van der Waals surface area contributed by atoms with E-state index < -0.39 is 35.0 Å². The summed E-state index contributed by atoms with van der Waals surface area (Å²) in [6, 6.07) is 0. The lowest BCUT2D eigenvalue weighted by Gasteiger charge is -2.27. The highest BCUT2D eigenvalue weighted by molar-refractivity contribution is 5.91. The van der Waals surface area contributed by atoms with Crippen LogP contribution in [0, 0.1) is 17.3 Å². The lowest BCUT2D eigenvalue weighted by molar-refractivity contribution is -0.142. The van der Waals surface area contributed by atoms with Crippen molar-refractivity contribution in [2.24, 2.45) is 17.3 Å². The molecule has 0 spiro atoms. The van der Waals surface area contributed by atoms with Gasteiger partial charge in [0.1, 0.15) is 0 Å². The fourth-order valence-electron chi connectivity index (χ4n) is 2.88.